The predicted molar refractivity (Wildman–Crippen MR) is 74.7 cm³/mol. The molecule has 19 heavy (non-hydrogen) atoms. The molecule has 0 fully saturated rings. The minimum absolute atomic E-state index is 0.316. The molecular weight excluding hydrogens is 265 g/mol. The number of hydrogen-bond acceptors (Lipinski definition) is 2. The number of aromatic nitrogens is 2. The van der Waals surface area contributed by atoms with Gasteiger partial charge in [0.05, 0.1) is 13.1 Å². The van der Waals surface area contributed by atoms with Crippen LogP contribution in [0.1, 0.15) is 24.7 Å². The molecule has 0 aliphatic carbocycles. The first-order valence-corrected chi connectivity index (χ1v) is 6.73. The van der Waals surface area contributed by atoms with Crippen molar-refractivity contribution in [2.75, 3.05) is 6.54 Å². The van der Waals surface area contributed by atoms with Crippen LogP contribution in [0, 0.1) is 5.82 Å². The zero-order valence-electron chi connectivity index (χ0n) is 10.9. The second-order valence-electron chi connectivity index (χ2n) is 4.38. The zero-order chi connectivity index (χ0) is 13.7. The molecule has 0 aliphatic rings. The van der Waals surface area contributed by atoms with Gasteiger partial charge in [0.15, 0.2) is 0 Å². The minimum atomic E-state index is -0.316. The molecule has 0 bridgehead atoms. The summed E-state index contributed by atoms with van der Waals surface area (Å²) in [5, 5.41) is 3.76. The Morgan fingerprint density at radius 1 is 1.42 bits per heavy atom. The number of imidazole rings is 1. The molecule has 1 heterocycles. The summed E-state index contributed by atoms with van der Waals surface area (Å²) in [4.78, 5) is 4.31. The van der Waals surface area contributed by atoms with Gasteiger partial charge in [0, 0.05) is 17.4 Å². The van der Waals surface area contributed by atoms with Crippen molar-refractivity contribution in [1.29, 1.82) is 0 Å². The van der Waals surface area contributed by atoms with Gasteiger partial charge in [-0.1, -0.05) is 24.6 Å². The summed E-state index contributed by atoms with van der Waals surface area (Å²) in [6.07, 6.45) is 4.76. The quantitative estimate of drug-likeness (QED) is 0.824. The van der Waals surface area contributed by atoms with E-state index in [0.29, 0.717) is 11.6 Å². The molecule has 1 aromatic heterocycles. The van der Waals surface area contributed by atoms with Crippen molar-refractivity contribution in [3.63, 3.8) is 0 Å². The Bertz CT molecular complexity index is 539. The first-order valence-electron chi connectivity index (χ1n) is 6.35. The van der Waals surface area contributed by atoms with Crippen LogP contribution >= 0.6 is 11.6 Å². The fourth-order valence-corrected chi connectivity index (χ4v) is 2.09. The largest absolute Gasteiger partial charge is 0.329 e. The van der Waals surface area contributed by atoms with E-state index < -0.39 is 0 Å². The molecule has 0 atom stereocenters. The van der Waals surface area contributed by atoms with Crippen LogP contribution in [0.15, 0.2) is 30.6 Å². The van der Waals surface area contributed by atoms with Gasteiger partial charge in [-0.3, -0.25) is 0 Å². The number of rotatable bonds is 6. The lowest BCUT2D eigenvalue weighted by Crippen LogP contribution is -2.18. The molecule has 0 radical (unpaired) electrons. The number of nitrogens with one attached hydrogen (secondary N) is 1. The molecule has 0 amide bonds. The van der Waals surface area contributed by atoms with Gasteiger partial charge in [0.2, 0.25) is 0 Å². The molecule has 3 nitrogen and oxygen atoms in total. The van der Waals surface area contributed by atoms with Crippen molar-refractivity contribution in [1.82, 2.24) is 14.9 Å². The molecule has 0 spiro atoms. The molecule has 0 saturated carbocycles. The molecular formula is C14H17ClFN3. The van der Waals surface area contributed by atoms with Crippen molar-refractivity contribution in [2.45, 2.75) is 26.4 Å². The Labute approximate surface area is 117 Å². The molecule has 0 aliphatic heterocycles. The molecule has 2 aromatic rings. The number of benzene rings is 1. The first-order chi connectivity index (χ1) is 9.20. The summed E-state index contributed by atoms with van der Waals surface area (Å²) >= 11 is 6.04. The Morgan fingerprint density at radius 2 is 2.26 bits per heavy atom. The summed E-state index contributed by atoms with van der Waals surface area (Å²) in [6, 6.07) is 4.47. The van der Waals surface area contributed by atoms with Crippen molar-refractivity contribution in [3.8, 4) is 0 Å². The standard InChI is InChI=1S/C14H17ClFN3/c1-2-5-17-9-14-18-6-7-19(14)10-11-3-4-12(16)8-13(11)15/h3-4,6-8,17H,2,5,9-10H2,1H3. The van der Waals surface area contributed by atoms with Crippen LogP contribution in [0.5, 0.6) is 0 Å². The van der Waals surface area contributed by atoms with Crippen molar-refractivity contribution < 1.29 is 4.39 Å². The lowest BCUT2D eigenvalue weighted by Gasteiger charge is -2.10. The van der Waals surface area contributed by atoms with E-state index in [4.69, 9.17) is 11.6 Å². The topological polar surface area (TPSA) is 29.9 Å². The molecule has 1 N–H and O–H groups in total. The monoisotopic (exact) mass is 281 g/mol. The molecule has 0 unspecified atom stereocenters. The third kappa shape index (κ3) is 3.78. The van der Waals surface area contributed by atoms with Crippen molar-refractivity contribution >= 4 is 11.6 Å². The van der Waals surface area contributed by atoms with Crippen LogP contribution in [0.25, 0.3) is 0 Å². The maximum absolute atomic E-state index is 13.0. The normalized spacial score (nSPS) is 10.9. The summed E-state index contributed by atoms with van der Waals surface area (Å²) in [5.74, 6) is 0.637. The highest BCUT2D eigenvalue weighted by Gasteiger charge is 2.06. The smallest absolute Gasteiger partial charge is 0.124 e. The Balaban J connectivity index is 2.08. The van der Waals surface area contributed by atoms with Crippen LogP contribution < -0.4 is 5.32 Å². The summed E-state index contributed by atoms with van der Waals surface area (Å²) in [7, 11) is 0. The van der Waals surface area contributed by atoms with Gasteiger partial charge in [-0.15, -0.1) is 0 Å². The maximum atomic E-state index is 13.0. The lowest BCUT2D eigenvalue weighted by atomic mass is 10.2. The lowest BCUT2D eigenvalue weighted by molar-refractivity contribution is 0.612. The second kappa shape index (κ2) is 6.68. The highest BCUT2D eigenvalue weighted by Crippen LogP contribution is 2.18. The third-order valence-electron chi connectivity index (χ3n) is 2.87. The van der Waals surface area contributed by atoms with Gasteiger partial charge < -0.3 is 9.88 Å². The fraction of sp³-hybridized carbons (Fsp3) is 0.357. The van der Waals surface area contributed by atoms with Crippen molar-refractivity contribution in [2.24, 2.45) is 0 Å². The molecule has 1 aromatic carbocycles. The Hall–Kier alpha value is -1.39. The molecule has 102 valence electrons. The molecule has 2 rings (SSSR count). The number of nitrogens with zero attached hydrogens (tertiary/aromatic N) is 2. The van der Waals surface area contributed by atoms with E-state index in [-0.39, 0.29) is 5.82 Å². The van der Waals surface area contributed by atoms with Crippen LogP contribution in [0.3, 0.4) is 0 Å². The van der Waals surface area contributed by atoms with Crippen LogP contribution in [-0.2, 0) is 13.1 Å². The maximum Gasteiger partial charge on any atom is 0.124 e. The SMILES string of the molecule is CCCNCc1nccn1Cc1ccc(F)cc1Cl. The van der Waals surface area contributed by atoms with E-state index in [1.807, 2.05) is 10.8 Å². The second-order valence-corrected chi connectivity index (χ2v) is 4.79. The van der Waals surface area contributed by atoms with Gasteiger partial charge in [0.25, 0.3) is 0 Å². The molecule has 5 heteroatoms. The van der Waals surface area contributed by atoms with Crippen LogP contribution in [0.2, 0.25) is 5.02 Å². The zero-order valence-corrected chi connectivity index (χ0v) is 11.6. The van der Waals surface area contributed by atoms with Gasteiger partial charge in [-0.25, -0.2) is 9.37 Å². The number of hydrogen-bond donors (Lipinski definition) is 1. The predicted octanol–water partition coefficient (Wildman–Crippen LogP) is 3.22. The van der Waals surface area contributed by atoms with Crippen LogP contribution in [-0.4, -0.2) is 16.1 Å². The summed E-state index contributed by atoms with van der Waals surface area (Å²) < 4.78 is 15.0. The highest BCUT2D eigenvalue weighted by atomic mass is 35.5. The van der Waals surface area contributed by atoms with Crippen molar-refractivity contribution in [3.05, 3.63) is 52.8 Å². The van der Waals surface area contributed by atoms with E-state index >= 15 is 0 Å². The van der Waals surface area contributed by atoms with Gasteiger partial charge >= 0.3 is 0 Å². The average molecular weight is 282 g/mol. The van der Waals surface area contributed by atoms with Crippen LogP contribution in [0.4, 0.5) is 4.39 Å². The first kappa shape index (κ1) is 14.0. The average Bonchev–Trinajstić information content (AvgIpc) is 2.81. The fourth-order valence-electron chi connectivity index (χ4n) is 1.86. The Kier molecular flexibility index (Phi) is 4.93. The number of halogens is 2. The van der Waals surface area contributed by atoms with E-state index in [1.165, 1.54) is 12.1 Å². The summed E-state index contributed by atoms with van der Waals surface area (Å²) in [6.45, 7) is 4.41. The summed E-state index contributed by atoms with van der Waals surface area (Å²) in [5.41, 5.74) is 0.887. The van der Waals surface area contributed by atoms with E-state index in [1.54, 1.807) is 12.3 Å². The van der Waals surface area contributed by atoms with Gasteiger partial charge in [0.1, 0.15) is 11.6 Å². The van der Waals surface area contributed by atoms with Gasteiger partial charge in [-0.2, -0.15) is 0 Å². The third-order valence-corrected chi connectivity index (χ3v) is 3.22. The van der Waals surface area contributed by atoms with Gasteiger partial charge in [-0.05, 0) is 30.7 Å². The molecule has 0 saturated heterocycles. The van der Waals surface area contributed by atoms with E-state index in [2.05, 4.69) is 17.2 Å². The van der Waals surface area contributed by atoms with E-state index in [9.17, 15) is 4.39 Å². The minimum Gasteiger partial charge on any atom is -0.329 e. The van der Waals surface area contributed by atoms with E-state index in [0.717, 1.165) is 30.9 Å². The highest BCUT2D eigenvalue weighted by molar-refractivity contribution is 6.31. The Morgan fingerprint density at radius 3 is 3.00 bits per heavy atom.